The Morgan fingerprint density at radius 3 is 1.95 bits per heavy atom. The molecule has 0 amide bonds. The molecule has 0 aromatic heterocycles. The van der Waals surface area contributed by atoms with Gasteiger partial charge < -0.3 is 15.2 Å². The lowest BCUT2D eigenvalue weighted by molar-refractivity contribution is 0.0692. The Kier molecular flexibility index (Phi) is 3.83. The molecule has 2 rings (SSSR count). The summed E-state index contributed by atoms with van der Waals surface area (Å²) in [4.78, 5) is 10.7. The van der Waals surface area contributed by atoms with Gasteiger partial charge in [-0.05, 0) is 29.3 Å². The number of carboxylic acid groups (broad SMARTS) is 1. The van der Waals surface area contributed by atoms with Gasteiger partial charge in [-0.2, -0.15) is 0 Å². The first kappa shape index (κ1) is 14.2. The average molecular weight is 278 g/mol. The SMILES string of the molecule is O=C(O)c1ccc(-c2ccc(B(O)O)c(F)c2)cc1F. The number of hydrogen-bond donors (Lipinski definition) is 3. The molecule has 0 saturated carbocycles. The van der Waals surface area contributed by atoms with Crippen LogP contribution >= 0.6 is 0 Å². The van der Waals surface area contributed by atoms with E-state index in [2.05, 4.69) is 0 Å². The summed E-state index contributed by atoms with van der Waals surface area (Å²) in [6.45, 7) is 0. The number of rotatable bonds is 3. The predicted octanol–water partition coefficient (Wildman–Crippen LogP) is 1.01. The van der Waals surface area contributed by atoms with Crippen molar-refractivity contribution in [3.05, 3.63) is 53.6 Å². The van der Waals surface area contributed by atoms with Gasteiger partial charge in [0.2, 0.25) is 0 Å². The predicted molar refractivity (Wildman–Crippen MR) is 68.6 cm³/mol. The smallest absolute Gasteiger partial charge is 0.478 e. The number of carboxylic acids is 1. The summed E-state index contributed by atoms with van der Waals surface area (Å²) in [6, 6.07) is 6.97. The van der Waals surface area contributed by atoms with E-state index in [4.69, 9.17) is 15.2 Å². The van der Waals surface area contributed by atoms with Gasteiger partial charge in [-0.25, -0.2) is 13.6 Å². The van der Waals surface area contributed by atoms with Gasteiger partial charge >= 0.3 is 13.1 Å². The zero-order valence-corrected chi connectivity index (χ0v) is 10.0. The first-order valence-corrected chi connectivity index (χ1v) is 5.59. The number of benzene rings is 2. The van der Waals surface area contributed by atoms with Gasteiger partial charge in [0.05, 0.1) is 5.56 Å². The average Bonchev–Trinajstić information content (AvgIpc) is 2.37. The minimum absolute atomic E-state index is 0.283. The van der Waals surface area contributed by atoms with Gasteiger partial charge in [0.15, 0.2) is 0 Å². The number of carbonyl (C=O) groups is 1. The summed E-state index contributed by atoms with van der Waals surface area (Å²) in [5.74, 6) is -3.17. The first-order valence-electron chi connectivity index (χ1n) is 5.59. The summed E-state index contributed by atoms with van der Waals surface area (Å²) in [5.41, 5.74) is -0.193. The van der Waals surface area contributed by atoms with E-state index in [1.807, 2.05) is 0 Å². The molecule has 0 aliphatic rings. The van der Waals surface area contributed by atoms with E-state index in [-0.39, 0.29) is 11.0 Å². The second-order valence-electron chi connectivity index (χ2n) is 4.11. The topological polar surface area (TPSA) is 77.8 Å². The standard InChI is InChI=1S/C13H9BF2O4/c15-11-5-7(1-3-9(11)13(17)18)8-2-4-10(14(19)20)12(16)6-8/h1-6,19-20H,(H,17,18). The highest BCUT2D eigenvalue weighted by atomic mass is 19.1. The lowest BCUT2D eigenvalue weighted by atomic mass is 9.79. The molecule has 0 radical (unpaired) electrons. The monoisotopic (exact) mass is 278 g/mol. The molecule has 0 spiro atoms. The van der Waals surface area contributed by atoms with Crippen LogP contribution in [0.2, 0.25) is 0 Å². The third-order valence-electron chi connectivity index (χ3n) is 2.81. The van der Waals surface area contributed by atoms with Crippen molar-refractivity contribution in [3.8, 4) is 11.1 Å². The van der Waals surface area contributed by atoms with Gasteiger partial charge in [0, 0.05) is 5.46 Å². The number of aromatic carboxylic acids is 1. The van der Waals surface area contributed by atoms with Crippen molar-refractivity contribution >= 4 is 18.6 Å². The fourth-order valence-corrected chi connectivity index (χ4v) is 1.78. The normalized spacial score (nSPS) is 10.4. The van der Waals surface area contributed by atoms with Crippen molar-refractivity contribution < 1.29 is 28.7 Å². The first-order chi connectivity index (χ1) is 9.40. The highest BCUT2D eigenvalue weighted by Crippen LogP contribution is 2.22. The van der Waals surface area contributed by atoms with Crippen LogP contribution in [0, 0.1) is 11.6 Å². The molecule has 0 aliphatic carbocycles. The zero-order chi connectivity index (χ0) is 14.9. The van der Waals surface area contributed by atoms with Crippen molar-refractivity contribution in [1.82, 2.24) is 0 Å². The maximum Gasteiger partial charge on any atom is 0.491 e. The molecule has 102 valence electrons. The van der Waals surface area contributed by atoms with Crippen LogP contribution in [0.15, 0.2) is 36.4 Å². The summed E-state index contributed by atoms with van der Waals surface area (Å²) < 4.78 is 27.1. The highest BCUT2D eigenvalue weighted by Gasteiger charge is 2.17. The quantitative estimate of drug-likeness (QED) is 0.732. The van der Waals surface area contributed by atoms with E-state index in [1.54, 1.807) is 0 Å². The van der Waals surface area contributed by atoms with E-state index in [0.29, 0.717) is 5.56 Å². The molecule has 0 bridgehead atoms. The van der Waals surface area contributed by atoms with Crippen molar-refractivity contribution in [2.75, 3.05) is 0 Å². The molecular weight excluding hydrogens is 269 g/mol. The molecule has 0 fully saturated rings. The van der Waals surface area contributed by atoms with Crippen molar-refractivity contribution in [2.24, 2.45) is 0 Å². The van der Waals surface area contributed by atoms with E-state index in [1.165, 1.54) is 18.2 Å². The van der Waals surface area contributed by atoms with Crippen molar-refractivity contribution in [2.45, 2.75) is 0 Å². The molecule has 2 aromatic rings. The minimum atomic E-state index is -1.94. The van der Waals surface area contributed by atoms with E-state index in [9.17, 15) is 13.6 Å². The van der Waals surface area contributed by atoms with Gasteiger partial charge in [-0.15, -0.1) is 0 Å². The molecular formula is C13H9BF2O4. The Labute approximate surface area is 113 Å². The summed E-state index contributed by atoms with van der Waals surface area (Å²) >= 11 is 0. The van der Waals surface area contributed by atoms with Gasteiger partial charge in [-0.1, -0.05) is 18.2 Å². The molecule has 0 heterocycles. The lowest BCUT2D eigenvalue weighted by Crippen LogP contribution is -2.32. The largest absolute Gasteiger partial charge is 0.491 e. The number of hydrogen-bond acceptors (Lipinski definition) is 3. The second-order valence-corrected chi connectivity index (χ2v) is 4.11. The van der Waals surface area contributed by atoms with Crippen LogP contribution in [0.4, 0.5) is 8.78 Å². The fraction of sp³-hybridized carbons (Fsp3) is 0. The Bertz CT molecular complexity index is 673. The lowest BCUT2D eigenvalue weighted by Gasteiger charge is -2.07. The van der Waals surface area contributed by atoms with Gasteiger partial charge in [0.1, 0.15) is 11.6 Å². The Balaban J connectivity index is 2.45. The maximum absolute atomic E-state index is 13.6. The molecule has 4 nitrogen and oxygen atoms in total. The van der Waals surface area contributed by atoms with E-state index in [0.717, 1.165) is 18.2 Å². The van der Waals surface area contributed by atoms with E-state index < -0.39 is 30.3 Å². The summed E-state index contributed by atoms with van der Waals surface area (Å²) in [7, 11) is -1.94. The van der Waals surface area contributed by atoms with Crippen molar-refractivity contribution in [1.29, 1.82) is 0 Å². The second kappa shape index (κ2) is 5.40. The van der Waals surface area contributed by atoms with E-state index >= 15 is 0 Å². The third kappa shape index (κ3) is 2.68. The Morgan fingerprint density at radius 2 is 1.50 bits per heavy atom. The molecule has 20 heavy (non-hydrogen) atoms. The van der Waals surface area contributed by atoms with Gasteiger partial charge in [-0.3, -0.25) is 0 Å². The van der Waals surface area contributed by atoms with Crippen LogP contribution < -0.4 is 5.46 Å². The van der Waals surface area contributed by atoms with Gasteiger partial charge in [0.25, 0.3) is 0 Å². The van der Waals surface area contributed by atoms with Crippen LogP contribution in [-0.4, -0.2) is 28.2 Å². The van der Waals surface area contributed by atoms with Crippen LogP contribution in [-0.2, 0) is 0 Å². The molecule has 0 aliphatic heterocycles. The maximum atomic E-state index is 13.6. The minimum Gasteiger partial charge on any atom is -0.478 e. The molecule has 0 atom stereocenters. The third-order valence-corrected chi connectivity index (χ3v) is 2.81. The Morgan fingerprint density at radius 1 is 0.950 bits per heavy atom. The summed E-state index contributed by atoms with van der Waals surface area (Å²) in [5, 5.41) is 26.5. The highest BCUT2D eigenvalue weighted by molar-refractivity contribution is 6.58. The zero-order valence-electron chi connectivity index (χ0n) is 10.0. The Hall–Kier alpha value is -2.25. The molecule has 0 unspecified atom stereocenters. The summed E-state index contributed by atoms with van der Waals surface area (Å²) in [6.07, 6.45) is 0. The molecule has 3 N–H and O–H groups in total. The molecule has 2 aromatic carbocycles. The molecule has 7 heteroatoms. The van der Waals surface area contributed by atoms with Crippen molar-refractivity contribution in [3.63, 3.8) is 0 Å². The van der Waals surface area contributed by atoms with Crippen LogP contribution in [0.25, 0.3) is 11.1 Å². The number of halogens is 2. The van der Waals surface area contributed by atoms with Crippen LogP contribution in [0.3, 0.4) is 0 Å². The van der Waals surface area contributed by atoms with Crippen LogP contribution in [0.1, 0.15) is 10.4 Å². The fourth-order valence-electron chi connectivity index (χ4n) is 1.78. The van der Waals surface area contributed by atoms with Crippen LogP contribution in [0.5, 0.6) is 0 Å². The molecule has 0 saturated heterocycles.